The van der Waals surface area contributed by atoms with Crippen LogP contribution >= 0.6 is 0 Å². The smallest absolute Gasteiger partial charge is 0.303 e. The molecule has 1 heterocycles. The predicted molar refractivity (Wildman–Crippen MR) is 92.2 cm³/mol. The van der Waals surface area contributed by atoms with Crippen molar-refractivity contribution in [2.45, 2.75) is 58.2 Å². The summed E-state index contributed by atoms with van der Waals surface area (Å²) >= 11 is 0. The van der Waals surface area contributed by atoms with Gasteiger partial charge in [-0.25, -0.2) is 0 Å². The molecule has 0 unspecified atom stereocenters. The number of carbonyl (C=O) groups excluding carboxylic acids is 1. The Bertz CT molecular complexity index is 566. The minimum absolute atomic E-state index is 0.0361. The standard InChI is InChI=1S/C19H27NO4/c1-19(2,3)24-16-10-12-20(13-11-16)18(23)15-7-4-14(5-8-15)6-9-17(21)22/h4-5,7-8,16H,6,9-13H2,1-3H3,(H,21,22). The van der Waals surface area contributed by atoms with E-state index in [0.717, 1.165) is 18.4 Å². The van der Waals surface area contributed by atoms with E-state index in [1.54, 1.807) is 12.1 Å². The second-order valence-corrected chi connectivity index (χ2v) is 7.31. The van der Waals surface area contributed by atoms with Gasteiger partial charge in [0.15, 0.2) is 0 Å². The van der Waals surface area contributed by atoms with E-state index < -0.39 is 5.97 Å². The summed E-state index contributed by atoms with van der Waals surface area (Å²) < 4.78 is 5.99. The molecule has 1 aromatic rings. The number of likely N-dealkylation sites (tertiary alicyclic amines) is 1. The van der Waals surface area contributed by atoms with E-state index in [1.807, 2.05) is 17.0 Å². The van der Waals surface area contributed by atoms with Crippen LogP contribution < -0.4 is 0 Å². The zero-order valence-electron chi connectivity index (χ0n) is 14.7. The first kappa shape index (κ1) is 18.5. The van der Waals surface area contributed by atoms with Gasteiger partial charge < -0.3 is 14.7 Å². The predicted octanol–water partition coefficient (Wildman–Crippen LogP) is 3.12. The SMILES string of the molecule is CC(C)(C)OC1CCN(C(=O)c2ccc(CCC(=O)O)cc2)CC1. The summed E-state index contributed by atoms with van der Waals surface area (Å²) in [7, 11) is 0. The molecule has 1 aliphatic rings. The minimum atomic E-state index is -0.810. The van der Waals surface area contributed by atoms with Crippen LogP contribution in [0.5, 0.6) is 0 Å². The third-order valence-corrected chi connectivity index (χ3v) is 4.08. The summed E-state index contributed by atoms with van der Waals surface area (Å²) in [6, 6.07) is 7.26. The molecule has 1 aliphatic heterocycles. The van der Waals surface area contributed by atoms with Gasteiger partial charge in [-0.1, -0.05) is 12.1 Å². The summed E-state index contributed by atoms with van der Waals surface area (Å²) in [4.78, 5) is 25.0. The van der Waals surface area contributed by atoms with Crippen LogP contribution in [0.1, 0.15) is 56.0 Å². The lowest BCUT2D eigenvalue weighted by Gasteiger charge is -2.35. The molecule has 5 nitrogen and oxygen atoms in total. The Morgan fingerprint density at radius 2 is 1.75 bits per heavy atom. The fourth-order valence-corrected chi connectivity index (χ4v) is 2.92. The number of nitrogens with zero attached hydrogens (tertiary/aromatic N) is 1. The minimum Gasteiger partial charge on any atom is -0.481 e. The Morgan fingerprint density at radius 1 is 1.17 bits per heavy atom. The van der Waals surface area contributed by atoms with Gasteiger partial charge in [0.2, 0.25) is 0 Å². The zero-order chi connectivity index (χ0) is 17.7. The lowest BCUT2D eigenvalue weighted by atomic mass is 10.0. The Hall–Kier alpha value is -1.88. The summed E-state index contributed by atoms with van der Waals surface area (Å²) in [6.07, 6.45) is 2.53. The van der Waals surface area contributed by atoms with Crippen LogP contribution in [0.4, 0.5) is 0 Å². The number of amides is 1. The van der Waals surface area contributed by atoms with Crippen molar-refractivity contribution >= 4 is 11.9 Å². The largest absolute Gasteiger partial charge is 0.481 e. The van der Waals surface area contributed by atoms with Crippen LogP contribution in [0.3, 0.4) is 0 Å². The molecule has 5 heteroatoms. The van der Waals surface area contributed by atoms with Crippen LogP contribution in [-0.4, -0.2) is 46.7 Å². The van der Waals surface area contributed by atoms with E-state index in [4.69, 9.17) is 9.84 Å². The highest BCUT2D eigenvalue weighted by atomic mass is 16.5. The topological polar surface area (TPSA) is 66.8 Å². The molecule has 1 N–H and O–H groups in total. The number of hydrogen-bond donors (Lipinski definition) is 1. The molecule has 24 heavy (non-hydrogen) atoms. The summed E-state index contributed by atoms with van der Waals surface area (Å²) in [5.74, 6) is -0.774. The number of carboxylic acids is 1. The van der Waals surface area contributed by atoms with Crippen LogP contribution in [0.25, 0.3) is 0 Å². The first-order valence-electron chi connectivity index (χ1n) is 8.52. The Balaban J connectivity index is 1.87. The fourth-order valence-electron chi connectivity index (χ4n) is 2.92. The lowest BCUT2D eigenvalue weighted by molar-refractivity contribution is -0.136. The molecule has 1 fully saturated rings. The normalized spacial score (nSPS) is 16.2. The van der Waals surface area contributed by atoms with Crippen LogP contribution in [0.15, 0.2) is 24.3 Å². The Kier molecular flexibility index (Phi) is 5.99. The lowest BCUT2D eigenvalue weighted by Crippen LogP contribution is -2.42. The molecular formula is C19H27NO4. The van der Waals surface area contributed by atoms with Crippen molar-refractivity contribution in [1.82, 2.24) is 4.90 Å². The van der Waals surface area contributed by atoms with Crippen molar-refractivity contribution in [2.75, 3.05) is 13.1 Å². The summed E-state index contributed by atoms with van der Waals surface area (Å²) in [6.45, 7) is 7.57. The average molecular weight is 333 g/mol. The molecular weight excluding hydrogens is 306 g/mol. The highest BCUT2D eigenvalue weighted by molar-refractivity contribution is 5.94. The first-order valence-corrected chi connectivity index (χ1v) is 8.52. The number of carboxylic acid groups (broad SMARTS) is 1. The number of hydrogen-bond acceptors (Lipinski definition) is 3. The highest BCUT2D eigenvalue weighted by Gasteiger charge is 2.26. The molecule has 0 saturated carbocycles. The van der Waals surface area contributed by atoms with Crippen LogP contribution in [0, 0.1) is 0 Å². The molecule has 1 saturated heterocycles. The molecule has 1 amide bonds. The number of ether oxygens (including phenoxy) is 1. The van der Waals surface area contributed by atoms with Crippen molar-refractivity contribution in [3.05, 3.63) is 35.4 Å². The van der Waals surface area contributed by atoms with Gasteiger partial charge in [-0.15, -0.1) is 0 Å². The molecule has 0 aliphatic carbocycles. The Morgan fingerprint density at radius 3 is 2.25 bits per heavy atom. The molecule has 0 radical (unpaired) electrons. The average Bonchev–Trinajstić information content (AvgIpc) is 2.52. The van der Waals surface area contributed by atoms with Gasteiger partial charge in [0.25, 0.3) is 5.91 Å². The van der Waals surface area contributed by atoms with E-state index >= 15 is 0 Å². The number of aryl methyl sites for hydroxylation is 1. The van der Waals surface area contributed by atoms with Gasteiger partial charge in [0.1, 0.15) is 0 Å². The molecule has 132 valence electrons. The number of carbonyl (C=O) groups is 2. The van der Waals surface area contributed by atoms with Gasteiger partial charge in [-0.05, 0) is 57.7 Å². The second-order valence-electron chi connectivity index (χ2n) is 7.31. The van der Waals surface area contributed by atoms with E-state index in [0.29, 0.717) is 25.1 Å². The van der Waals surface area contributed by atoms with Crippen molar-refractivity contribution < 1.29 is 19.4 Å². The van der Waals surface area contributed by atoms with Crippen molar-refractivity contribution in [3.8, 4) is 0 Å². The second kappa shape index (κ2) is 7.79. The molecule has 1 aromatic carbocycles. The van der Waals surface area contributed by atoms with Gasteiger partial charge in [-0.2, -0.15) is 0 Å². The Labute approximate surface area is 143 Å². The summed E-state index contributed by atoms with van der Waals surface area (Å²) in [5.41, 5.74) is 1.44. The van der Waals surface area contributed by atoms with Crippen LogP contribution in [-0.2, 0) is 16.0 Å². The highest BCUT2D eigenvalue weighted by Crippen LogP contribution is 2.21. The molecule has 0 bridgehead atoms. The maximum atomic E-state index is 12.6. The number of aliphatic carboxylic acids is 1. The van der Waals surface area contributed by atoms with E-state index in [1.165, 1.54) is 0 Å². The number of rotatable bonds is 5. The summed E-state index contributed by atoms with van der Waals surface area (Å²) in [5, 5.41) is 8.71. The van der Waals surface area contributed by atoms with Gasteiger partial charge in [0.05, 0.1) is 11.7 Å². The van der Waals surface area contributed by atoms with Gasteiger partial charge >= 0.3 is 5.97 Å². The van der Waals surface area contributed by atoms with E-state index in [2.05, 4.69) is 20.8 Å². The fraction of sp³-hybridized carbons (Fsp3) is 0.579. The van der Waals surface area contributed by atoms with E-state index in [9.17, 15) is 9.59 Å². The maximum absolute atomic E-state index is 12.6. The van der Waals surface area contributed by atoms with Crippen LogP contribution in [0.2, 0.25) is 0 Å². The van der Waals surface area contributed by atoms with Gasteiger partial charge in [0, 0.05) is 25.1 Å². The monoisotopic (exact) mass is 333 g/mol. The molecule has 0 atom stereocenters. The van der Waals surface area contributed by atoms with Crippen molar-refractivity contribution in [1.29, 1.82) is 0 Å². The third kappa shape index (κ3) is 5.64. The molecule has 2 rings (SSSR count). The molecule has 0 aromatic heterocycles. The third-order valence-electron chi connectivity index (χ3n) is 4.08. The maximum Gasteiger partial charge on any atom is 0.303 e. The number of piperidine rings is 1. The van der Waals surface area contributed by atoms with E-state index in [-0.39, 0.29) is 24.0 Å². The zero-order valence-corrected chi connectivity index (χ0v) is 14.7. The quantitative estimate of drug-likeness (QED) is 0.899. The number of benzene rings is 1. The first-order chi connectivity index (χ1) is 11.2. The van der Waals surface area contributed by atoms with Crippen molar-refractivity contribution in [2.24, 2.45) is 0 Å². The van der Waals surface area contributed by atoms with Crippen molar-refractivity contribution in [3.63, 3.8) is 0 Å². The van der Waals surface area contributed by atoms with Gasteiger partial charge in [-0.3, -0.25) is 9.59 Å². The molecule has 0 spiro atoms.